The first kappa shape index (κ1) is 19.7. The Balaban J connectivity index is 1.65. The fourth-order valence-corrected chi connectivity index (χ4v) is 7.06. The number of imidazole rings is 1. The summed E-state index contributed by atoms with van der Waals surface area (Å²) in [5, 5.41) is 0.617. The summed E-state index contributed by atoms with van der Waals surface area (Å²) in [7, 11) is 0. The first-order valence-electron chi connectivity index (χ1n) is 8.80. The second kappa shape index (κ2) is 8.30. The molecule has 26 heavy (non-hydrogen) atoms. The molecule has 0 radical (unpaired) electrons. The summed E-state index contributed by atoms with van der Waals surface area (Å²) < 4.78 is 40.4. The first-order valence-corrected chi connectivity index (χ1v) is 10.7. The van der Waals surface area contributed by atoms with Gasteiger partial charge in [0.05, 0.1) is 16.0 Å². The number of halogens is 3. The van der Waals surface area contributed by atoms with Gasteiger partial charge in [-0.3, -0.25) is 0 Å². The van der Waals surface area contributed by atoms with Gasteiger partial charge >= 0.3 is 6.18 Å². The molecule has 142 valence electrons. The van der Waals surface area contributed by atoms with Crippen LogP contribution in [0.5, 0.6) is 0 Å². The monoisotopic (exact) mass is 400 g/mol. The van der Waals surface area contributed by atoms with Crippen LogP contribution < -0.4 is 0 Å². The zero-order valence-electron chi connectivity index (χ0n) is 14.7. The predicted octanol–water partition coefficient (Wildman–Crippen LogP) is 5.88. The summed E-state index contributed by atoms with van der Waals surface area (Å²) in [6, 6.07) is 5.62. The third-order valence-electron chi connectivity index (χ3n) is 4.69. The van der Waals surface area contributed by atoms with Crippen molar-refractivity contribution >= 4 is 23.5 Å². The van der Waals surface area contributed by atoms with Crippen LogP contribution in [0, 0.1) is 0 Å². The molecule has 1 aliphatic rings. The SMILES string of the molecule is CC1CCSC(CCc2ccc(C(F)(F)F)cc2)(CCn2ccnc2)S1. The Morgan fingerprint density at radius 2 is 2.00 bits per heavy atom. The minimum atomic E-state index is -4.27. The summed E-state index contributed by atoms with van der Waals surface area (Å²) in [5.41, 5.74) is 0.394. The van der Waals surface area contributed by atoms with Crippen LogP contribution in [0.3, 0.4) is 0 Å². The number of nitrogens with zero attached hydrogens (tertiary/aromatic N) is 2. The molecule has 1 aliphatic heterocycles. The molecule has 2 nitrogen and oxygen atoms in total. The summed E-state index contributed by atoms with van der Waals surface area (Å²) in [6.07, 6.45) is 5.34. The Bertz CT molecular complexity index is 686. The zero-order valence-corrected chi connectivity index (χ0v) is 16.3. The van der Waals surface area contributed by atoms with Crippen LogP contribution in [0.1, 0.15) is 37.3 Å². The van der Waals surface area contributed by atoms with Crippen LogP contribution in [0.2, 0.25) is 0 Å². The highest BCUT2D eigenvalue weighted by molar-refractivity contribution is 8.19. The van der Waals surface area contributed by atoms with E-state index >= 15 is 0 Å². The van der Waals surface area contributed by atoms with E-state index in [0.29, 0.717) is 5.25 Å². The number of benzene rings is 1. The molecule has 2 atom stereocenters. The lowest BCUT2D eigenvalue weighted by Crippen LogP contribution is -2.30. The molecule has 7 heteroatoms. The van der Waals surface area contributed by atoms with Crippen molar-refractivity contribution in [2.75, 3.05) is 5.75 Å². The molecular weight excluding hydrogens is 377 g/mol. The molecule has 1 aromatic carbocycles. The van der Waals surface area contributed by atoms with Crippen molar-refractivity contribution in [1.82, 2.24) is 9.55 Å². The van der Waals surface area contributed by atoms with E-state index in [0.717, 1.165) is 37.1 Å². The minimum absolute atomic E-state index is 0.116. The average molecular weight is 401 g/mol. The lowest BCUT2D eigenvalue weighted by atomic mass is 10.0. The van der Waals surface area contributed by atoms with Gasteiger partial charge in [0.25, 0.3) is 0 Å². The van der Waals surface area contributed by atoms with Crippen LogP contribution >= 0.6 is 23.5 Å². The van der Waals surface area contributed by atoms with Crippen molar-refractivity contribution in [3.8, 4) is 0 Å². The molecule has 3 rings (SSSR count). The summed E-state index contributed by atoms with van der Waals surface area (Å²) in [6.45, 7) is 3.19. The van der Waals surface area contributed by atoms with Gasteiger partial charge in [0.2, 0.25) is 0 Å². The predicted molar refractivity (Wildman–Crippen MR) is 103 cm³/mol. The largest absolute Gasteiger partial charge is 0.416 e. The van der Waals surface area contributed by atoms with Gasteiger partial charge in [-0.25, -0.2) is 4.98 Å². The number of thioether (sulfide) groups is 2. The van der Waals surface area contributed by atoms with E-state index in [4.69, 9.17) is 0 Å². The van der Waals surface area contributed by atoms with E-state index in [2.05, 4.69) is 16.5 Å². The maximum Gasteiger partial charge on any atom is 0.416 e. The van der Waals surface area contributed by atoms with Crippen LogP contribution in [-0.4, -0.2) is 24.6 Å². The van der Waals surface area contributed by atoms with Crippen molar-refractivity contribution < 1.29 is 13.2 Å². The molecule has 2 unspecified atom stereocenters. The number of rotatable bonds is 6. The molecule has 1 saturated heterocycles. The van der Waals surface area contributed by atoms with E-state index in [1.165, 1.54) is 18.6 Å². The smallest absolute Gasteiger partial charge is 0.337 e. The quantitative estimate of drug-likeness (QED) is 0.603. The lowest BCUT2D eigenvalue weighted by molar-refractivity contribution is -0.137. The molecule has 0 aliphatic carbocycles. The highest BCUT2D eigenvalue weighted by atomic mass is 32.2. The third kappa shape index (κ3) is 5.22. The molecule has 0 bridgehead atoms. The van der Waals surface area contributed by atoms with Crippen LogP contribution in [0.4, 0.5) is 13.2 Å². The van der Waals surface area contributed by atoms with Gasteiger partial charge in [-0.15, -0.1) is 23.5 Å². The first-order chi connectivity index (χ1) is 12.4. The summed E-state index contributed by atoms with van der Waals surface area (Å²) in [5.74, 6) is 1.14. The maximum atomic E-state index is 12.7. The zero-order chi connectivity index (χ0) is 18.6. The van der Waals surface area contributed by atoms with Gasteiger partial charge < -0.3 is 4.57 Å². The third-order valence-corrected chi connectivity index (χ3v) is 8.18. The van der Waals surface area contributed by atoms with Gasteiger partial charge in [-0.05, 0) is 49.1 Å². The van der Waals surface area contributed by atoms with Crippen molar-refractivity contribution in [3.63, 3.8) is 0 Å². The maximum absolute atomic E-state index is 12.7. The number of hydrogen-bond donors (Lipinski definition) is 0. The molecule has 0 N–H and O–H groups in total. The number of alkyl halides is 3. The van der Waals surface area contributed by atoms with Gasteiger partial charge in [0, 0.05) is 24.2 Å². The highest BCUT2D eigenvalue weighted by Gasteiger charge is 2.36. The summed E-state index contributed by atoms with van der Waals surface area (Å²) in [4.78, 5) is 4.10. The highest BCUT2D eigenvalue weighted by Crippen LogP contribution is 2.51. The minimum Gasteiger partial charge on any atom is -0.337 e. The van der Waals surface area contributed by atoms with E-state index in [1.54, 1.807) is 18.3 Å². The lowest BCUT2D eigenvalue weighted by Gasteiger charge is -2.39. The Morgan fingerprint density at radius 1 is 1.23 bits per heavy atom. The van der Waals surface area contributed by atoms with Crippen LogP contribution in [0.25, 0.3) is 0 Å². The molecule has 2 heterocycles. The number of aromatic nitrogens is 2. The second-order valence-corrected chi connectivity index (χ2v) is 10.3. The summed E-state index contributed by atoms with van der Waals surface area (Å²) >= 11 is 4.04. The fraction of sp³-hybridized carbons (Fsp3) is 0.526. The molecule has 1 aromatic heterocycles. The van der Waals surface area contributed by atoms with Gasteiger partial charge in [0.1, 0.15) is 0 Å². The van der Waals surface area contributed by atoms with E-state index in [1.807, 2.05) is 36.0 Å². The molecule has 1 fully saturated rings. The molecule has 0 saturated carbocycles. The Labute approximate surface area is 161 Å². The van der Waals surface area contributed by atoms with E-state index < -0.39 is 11.7 Å². The molecule has 0 spiro atoms. The Morgan fingerprint density at radius 3 is 2.62 bits per heavy atom. The second-order valence-electron chi connectivity index (χ2n) is 6.72. The van der Waals surface area contributed by atoms with Crippen LogP contribution in [-0.2, 0) is 19.1 Å². The van der Waals surface area contributed by atoms with E-state index in [-0.39, 0.29) is 4.08 Å². The average Bonchev–Trinajstić information content (AvgIpc) is 3.12. The molecule has 0 amide bonds. The van der Waals surface area contributed by atoms with Crippen molar-refractivity contribution in [2.24, 2.45) is 0 Å². The Hall–Kier alpha value is -1.08. The normalized spacial score (nSPS) is 23.9. The van der Waals surface area contributed by atoms with Gasteiger partial charge in [0.15, 0.2) is 0 Å². The molecule has 2 aromatic rings. The van der Waals surface area contributed by atoms with Crippen molar-refractivity contribution in [2.45, 2.75) is 54.7 Å². The van der Waals surface area contributed by atoms with Gasteiger partial charge in [-0.1, -0.05) is 19.1 Å². The number of aryl methyl sites for hydroxylation is 2. The van der Waals surface area contributed by atoms with E-state index in [9.17, 15) is 13.2 Å². The topological polar surface area (TPSA) is 17.8 Å². The molecular formula is C19H23F3N2S2. The van der Waals surface area contributed by atoms with Crippen LogP contribution in [0.15, 0.2) is 43.0 Å². The fourth-order valence-electron chi connectivity index (χ4n) is 3.17. The van der Waals surface area contributed by atoms with Crippen molar-refractivity contribution in [3.05, 3.63) is 54.1 Å². The Kier molecular flexibility index (Phi) is 6.28. The number of hydrogen-bond acceptors (Lipinski definition) is 3. The van der Waals surface area contributed by atoms with Gasteiger partial charge in [-0.2, -0.15) is 13.2 Å². The van der Waals surface area contributed by atoms with Crippen molar-refractivity contribution in [1.29, 1.82) is 0 Å². The standard InChI is InChI=1S/C19H23F3N2S2/c1-15-7-13-25-18(26-15,9-11-24-12-10-23-14-24)8-6-16-2-4-17(5-3-16)19(20,21)22/h2-5,10,12,14-15H,6-9,11,13H2,1H3.